The molecule has 1 heterocycles. The highest BCUT2D eigenvalue weighted by Crippen LogP contribution is 2.62. The summed E-state index contributed by atoms with van der Waals surface area (Å²) in [6.07, 6.45) is 12.3. The van der Waals surface area contributed by atoms with E-state index in [0.717, 1.165) is 30.0 Å². The molecular formula is C34H39NO2. The third-order valence-corrected chi connectivity index (χ3v) is 9.27. The number of aliphatic hydroxyl groups is 1. The predicted molar refractivity (Wildman–Crippen MR) is 149 cm³/mol. The van der Waals surface area contributed by atoms with E-state index in [-0.39, 0.29) is 29.6 Å². The van der Waals surface area contributed by atoms with Crippen LogP contribution in [0.5, 0.6) is 0 Å². The summed E-state index contributed by atoms with van der Waals surface area (Å²) in [6, 6.07) is 17.8. The largest absolute Gasteiger partial charge is 0.396 e. The molecule has 6 rings (SSSR count). The average molecular weight is 494 g/mol. The number of rotatable bonds is 10. The number of Topliss-reactive ketones (excluding diaryl/α,β-unsaturated/α-hetero) is 1. The van der Waals surface area contributed by atoms with E-state index >= 15 is 0 Å². The summed E-state index contributed by atoms with van der Waals surface area (Å²) in [5, 5.41) is 9.17. The molecule has 3 heteroatoms. The predicted octanol–water partition coefficient (Wildman–Crippen LogP) is 7.56. The fourth-order valence-corrected chi connectivity index (χ4v) is 6.48. The molecule has 1 aromatic heterocycles. The van der Waals surface area contributed by atoms with Crippen molar-refractivity contribution < 1.29 is 9.90 Å². The fraction of sp³-hybridized carbons (Fsp3) is 0.471. The van der Waals surface area contributed by atoms with Gasteiger partial charge in [0.25, 0.3) is 0 Å². The van der Waals surface area contributed by atoms with Crippen molar-refractivity contribution in [3.8, 4) is 11.1 Å². The third-order valence-electron chi connectivity index (χ3n) is 9.27. The lowest BCUT2D eigenvalue weighted by atomic mass is 9.90. The van der Waals surface area contributed by atoms with Crippen LogP contribution >= 0.6 is 0 Å². The first-order valence-corrected chi connectivity index (χ1v) is 14.3. The summed E-state index contributed by atoms with van der Waals surface area (Å²) in [6.45, 7) is 4.31. The molecule has 2 aromatic carbocycles. The standard InChI is InChI=1S/C34H39NO2/c1-22-5-6-25(10-9-24-7-8-24)18-28(22)27-12-14-32(35-21-27)30-20-34(15-16-34)31-13-11-26(19-29(30)31)33(37)23(2)4-3-17-36/h5-6,11-14,18-19,21,23-24,30,36H,3-4,7-10,15-17,20H2,1-2H3. The number of carbonyl (C=O) groups excluding carboxylic acids is 1. The van der Waals surface area contributed by atoms with Crippen molar-refractivity contribution in [3.63, 3.8) is 0 Å². The van der Waals surface area contributed by atoms with Gasteiger partial charge in [-0.3, -0.25) is 9.78 Å². The van der Waals surface area contributed by atoms with Gasteiger partial charge in [-0.1, -0.05) is 56.2 Å². The van der Waals surface area contributed by atoms with E-state index in [2.05, 4.69) is 55.6 Å². The van der Waals surface area contributed by atoms with Gasteiger partial charge in [0.2, 0.25) is 0 Å². The Balaban J connectivity index is 1.26. The summed E-state index contributed by atoms with van der Waals surface area (Å²) < 4.78 is 0. The highest BCUT2D eigenvalue weighted by molar-refractivity contribution is 5.98. The van der Waals surface area contributed by atoms with Crippen LogP contribution in [-0.2, 0) is 11.8 Å². The number of benzene rings is 2. The van der Waals surface area contributed by atoms with Crippen LogP contribution in [0.15, 0.2) is 54.7 Å². The first-order valence-electron chi connectivity index (χ1n) is 14.3. The average Bonchev–Trinajstić information content (AvgIpc) is 3.85. The molecule has 0 radical (unpaired) electrons. The number of aliphatic hydroxyl groups excluding tert-OH is 1. The molecule has 0 amide bonds. The van der Waals surface area contributed by atoms with E-state index in [1.54, 1.807) is 0 Å². The molecule has 3 aliphatic rings. The Hall–Kier alpha value is -2.78. The number of carbonyl (C=O) groups is 1. The summed E-state index contributed by atoms with van der Waals surface area (Å²) in [4.78, 5) is 18.1. The Morgan fingerprint density at radius 3 is 2.65 bits per heavy atom. The monoisotopic (exact) mass is 493 g/mol. The first kappa shape index (κ1) is 24.6. The number of aryl methyl sites for hydroxylation is 2. The molecule has 0 bridgehead atoms. The van der Waals surface area contributed by atoms with Gasteiger partial charge in [-0.15, -0.1) is 0 Å². The minimum atomic E-state index is -0.0689. The molecule has 1 spiro atoms. The van der Waals surface area contributed by atoms with Crippen LogP contribution in [0.2, 0.25) is 0 Å². The zero-order chi connectivity index (χ0) is 25.6. The number of nitrogens with zero attached hydrogens (tertiary/aromatic N) is 1. The van der Waals surface area contributed by atoms with Crippen LogP contribution in [0.1, 0.15) is 103 Å². The van der Waals surface area contributed by atoms with Crippen molar-refractivity contribution in [1.82, 2.24) is 4.98 Å². The summed E-state index contributed by atoms with van der Waals surface area (Å²) in [7, 11) is 0. The molecule has 3 nitrogen and oxygen atoms in total. The van der Waals surface area contributed by atoms with Gasteiger partial charge in [-0.2, -0.15) is 0 Å². The maximum absolute atomic E-state index is 13.1. The Labute approximate surface area is 221 Å². The minimum absolute atomic E-state index is 0.0689. The van der Waals surface area contributed by atoms with E-state index in [1.807, 2.05) is 13.0 Å². The maximum atomic E-state index is 13.1. The van der Waals surface area contributed by atoms with Crippen LogP contribution in [0.3, 0.4) is 0 Å². The van der Waals surface area contributed by atoms with Crippen LogP contribution in [-0.4, -0.2) is 22.5 Å². The Bertz CT molecular complexity index is 1300. The van der Waals surface area contributed by atoms with Crippen molar-refractivity contribution in [1.29, 1.82) is 0 Å². The van der Waals surface area contributed by atoms with E-state index in [0.29, 0.717) is 6.42 Å². The highest BCUT2D eigenvalue weighted by Gasteiger charge is 2.52. The lowest BCUT2D eigenvalue weighted by molar-refractivity contribution is 0.0919. The zero-order valence-electron chi connectivity index (χ0n) is 22.3. The molecule has 0 saturated heterocycles. The second kappa shape index (κ2) is 9.83. The number of hydrogen-bond donors (Lipinski definition) is 1. The van der Waals surface area contributed by atoms with Crippen molar-refractivity contribution >= 4 is 5.78 Å². The number of pyridine rings is 1. The maximum Gasteiger partial charge on any atom is 0.165 e. The Morgan fingerprint density at radius 1 is 1.11 bits per heavy atom. The summed E-state index contributed by atoms with van der Waals surface area (Å²) >= 11 is 0. The van der Waals surface area contributed by atoms with Gasteiger partial charge < -0.3 is 5.11 Å². The fourth-order valence-electron chi connectivity index (χ4n) is 6.48. The van der Waals surface area contributed by atoms with E-state index < -0.39 is 0 Å². The van der Waals surface area contributed by atoms with E-state index in [9.17, 15) is 4.79 Å². The molecule has 192 valence electrons. The molecule has 2 saturated carbocycles. The topological polar surface area (TPSA) is 50.2 Å². The number of ketones is 1. The van der Waals surface area contributed by atoms with Crippen molar-refractivity contribution in [2.45, 2.75) is 83.0 Å². The number of aromatic nitrogens is 1. The van der Waals surface area contributed by atoms with Crippen LogP contribution in [0.25, 0.3) is 11.1 Å². The molecule has 3 aromatic rings. The molecule has 1 N–H and O–H groups in total. The quantitative estimate of drug-likeness (QED) is 0.297. The molecular weight excluding hydrogens is 454 g/mol. The zero-order valence-corrected chi connectivity index (χ0v) is 22.3. The SMILES string of the molecule is Cc1ccc(CCC2CC2)cc1-c1ccc(C2CC3(CC3)c3ccc(C(=O)C(C)CCCO)cc32)nc1. The molecule has 37 heavy (non-hydrogen) atoms. The molecule has 2 atom stereocenters. The molecule has 2 unspecified atom stereocenters. The molecule has 2 fully saturated rings. The summed E-state index contributed by atoms with van der Waals surface area (Å²) in [5.74, 6) is 1.32. The van der Waals surface area contributed by atoms with E-state index in [4.69, 9.17) is 10.1 Å². The van der Waals surface area contributed by atoms with Gasteiger partial charge in [-0.25, -0.2) is 0 Å². The van der Waals surface area contributed by atoms with Crippen LogP contribution in [0.4, 0.5) is 0 Å². The normalized spacial score (nSPS) is 20.1. The minimum Gasteiger partial charge on any atom is -0.396 e. The third kappa shape index (κ3) is 4.91. The van der Waals surface area contributed by atoms with Gasteiger partial charge in [0, 0.05) is 41.5 Å². The summed E-state index contributed by atoms with van der Waals surface area (Å²) in [5.41, 5.74) is 10.2. The number of hydrogen-bond acceptors (Lipinski definition) is 3. The van der Waals surface area contributed by atoms with Gasteiger partial charge in [0.1, 0.15) is 0 Å². The second-order valence-electron chi connectivity index (χ2n) is 12.1. The van der Waals surface area contributed by atoms with Gasteiger partial charge in [0.15, 0.2) is 5.78 Å². The molecule has 0 aliphatic heterocycles. The van der Waals surface area contributed by atoms with Crippen molar-refractivity contribution in [2.75, 3.05) is 6.61 Å². The molecule has 3 aliphatic carbocycles. The second-order valence-corrected chi connectivity index (χ2v) is 12.1. The van der Waals surface area contributed by atoms with Crippen molar-refractivity contribution in [2.24, 2.45) is 11.8 Å². The Morgan fingerprint density at radius 2 is 1.95 bits per heavy atom. The number of fused-ring (bicyclic) bond motifs is 2. The van der Waals surface area contributed by atoms with Crippen molar-refractivity contribution in [3.05, 3.63) is 88.2 Å². The van der Waals surface area contributed by atoms with E-state index in [1.165, 1.54) is 71.9 Å². The Kier molecular flexibility index (Phi) is 6.52. The van der Waals surface area contributed by atoms with Gasteiger partial charge in [0.05, 0.1) is 0 Å². The van der Waals surface area contributed by atoms with Crippen LogP contribution in [0, 0.1) is 18.8 Å². The lowest BCUT2D eigenvalue weighted by Crippen LogP contribution is -2.13. The smallest absolute Gasteiger partial charge is 0.165 e. The van der Waals surface area contributed by atoms with Crippen LogP contribution < -0.4 is 0 Å². The highest BCUT2D eigenvalue weighted by atomic mass is 16.3. The first-order chi connectivity index (χ1) is 18.0. The van der Waals surface area contributed by atoms with Gasteiger partial charge in [-0.05, 0) is 103 Å². The lowest BCUT2D eigenvalue weighted by Gasteiger charge is -2.15. The van der Waals surface area contributed by atoms with Gasteiger partial charge >= 0.3 is 0 Å².